The smallest absolute Gasteiger partial charge is 0.183 e. The van der Waals surface area contributed by atoms with Gasteiger partial charge in [0.1, 0.15) is 0 Å². The van der Waals surface area contributed by atoms with Crippen LogP contribution < -0.4 is 0 Å². The minimum Gasteiger partial charge on any atom is -0.421 e. The lowest BCUT2D eigenvalue weighted by Gasteiger charge is -2.14. The first-order valence-corrected chi connectivity index (χ1v) is 11.6. The largest absolute Gasteiger partial charge is 0.421 e. The van der Waals surface area contributed by atoms with Crippen LogP contribution in [-0.4, -0.2) is 30.4 Å². The van der Waals surface area contributed by atoms with Gasteiger partial charge in [0, 0.05) is 13.7 Å². The fourth-order valence-corrected chi connectivity index (χ4v) is 1.30. The number of hydrogen-bond acceptors (Lipinski definition) is 2. The van der Waals surface area contributed by atoms with Crippen molar-refractivity contribution >= 4 is 16.6 Å². The summed E-state index contributed by atoms with van der Waals surface area (Å²) < 4.78 is 10.4. The highest BCUT2D eigenvalue weighted by Crippen LogP contribution is 2.00. The van der Waals surface area contributed by atoms with Gasteiger partial charge in [-0.25, -0.2) is 0 Å². The Morgan fingerprint density at radius 3 is 1.15 bits per heavy atom. The second kappa shape index (κ2) is 6.76. The molecular weight excluding hydrogens is 196 g/mol. The highest BCUT2D eigenvalue weighted by Gasteiger charge is 2.11. The van der Waals surface area contributed by atoms with Crippen LogP contribution >= 0.6 is 0 Å². The van der Waals surface area contributed by atoms with Gasteiger partial charge in [-0.2, -0.15) is 0 Å². The van der Waals surface area contributed by atoms with Crippen molar-refractivity contribution in [2.75, 3.05) is 13.7 Å². The summed E-state index contributed by atoms with van der Waals surface area (Å²) in [5, 5.41) is 0. The van der Waals surface area contributed by atoms with Crippen molar-refractivity contribution in [2.24, 2.45) is 0 Å². The van der Waals surface area contributed by atoms with Crippen LogP contribution in [0.15, 0.2) is 0 Å². The van der Waals surface area contributed by atoms with Crippen molar-refractivity contribution in [3.05, 3.63) is 0 Å². The molecule has 0 heterocycles. The molecule has 0 aromatic carbocycles. The van der Waals surface area contributed by atoms with E-state index in [0.717, 1.165) is 6.61 Å². The second-order valence-electron chi connectivity index (χ2n) is 4.86. The summed E-state index contributed by atoms with van der Waals surface area (Å²) in [6, 6.07) is 0. The third-order valence-corrected chi connectivity index (χ3v) is 3.57. The van der Waals surface area contributed by atoms with E-state index >= 15 is 0 Å². The monoisotopic (exact) mass is 222 g/mol. The Labute approximate surface area is 85.9 Å². The van der Waals surface area contributed by atoms with Crippen molar-refractivity contribution in [1.82, 2.24) is 0 Å². The van der Waals surface area contributed by atoms with Crippen LogP contribution in [0.5, 0.6) is 0 Å². The van der Waals surface area contributed by atoms with Crippen molar-refractivity contribution in [1.29, 1.82) is 0 Å². The van der Waals surface area contributed by atoms with Crippen molar-refractivity contribution in [3.63, 3.8) is 0 Å². The first-order valence-electron chi connectivity index (χ1n) is 4.81. The van der Waals surface area contributed by atoms with Gasteiger partial charge in [0.2, 0.25) is 0 Å². The Morgan fingerprint density at radius 1 is 0.846 bits per heavy atom. The fourth-order valence-electron chi connectivity index (χ4n) is 0.433. The van der Waals surface area contributed by atoms with Gasteiger partial charge in [-0.3, -0.25) is 0 Å². The third-order valence-electron chi connectivity index (χ3n) is 1.19. The number of rotatable bonds is 3. The molecule has 0 aromatic heterocycles. The van der Waals surface area contributed by atoms with Crippen molar-refractivity contribution in [3.8, 4) is 0 Å². The summed E-state index contributed by atoms with van der Waals surface area (Å²) in [7, 11) is -0.518. The maximum atomic E-state index is 5.37. The zero-order valence-electron chi connectivity index (χ0n) is 10.5. The molecule has 4 heteroatoms. The molecule has 0 saturated heterocycles. The van der Waals surface area contributed by atoms with Crippen molar-refractivity contribution in [2.45, 2.75) is 46.2 Å². The molecule has 0 rings (SSSR count). The van der Waals surface area contributed by atoms with Crippen LogP contribution in [0, 0.1) is 0 Å². The molecule has 0 aliphatic heterocycles. The molecule has 0 aromatic rings. The molecule has 0 fully saturated rings. The minimum atomic E-state index is -1.16. The highest BCUT2D eigenvalue weighted by molar-refractivity contribution is 6.70. The lowest BCUT2D eigenvalue weighted by Crippen LogP contribution is -2.24. The third kappa shape index (κ3) is 24.5. The predicted octanol–water partition coefficient (Wildman–Crippen LogP) is 3.33. The number of hydrogen-bond donors (Lipinski definition) is 0. The predicted molar refractivity (Wildman–Crippen MR) is 65.3 cm³/mol. The van der Waals surface area contributed by atoms with Gasteiger partial charge in [-0.1, -0.05) is 0 Å². The summed E-state index contributed by atoms with van der Waals surface area (Å²) in [6.45, 7) is 16.0. The van der Waals surface area contributed by atoms with Crippen LogP contribution in [0.3, 0.4) is 0 Å². The zero-order valence-corrected chi connectivity index (χ0v) is 12.5. The molecular formula is C9H26O2Si2. The molecule has 0 spiro atoms. The summed E-state index contributed by atoms with van der Waals surface area (Å²) in [5.74, 6) is 0. The second-order valence-corrected chi connectivity index (χ2v) is 14.0. The van der Waals surface area contributed by atoms with Crippen LogP contribution in [0.2, 0.25) is 39.3 Å². The molecule has 0 aliphatic rings. The topological polar surface area (TPSA) is 18.5 Å². The molecule has 0 radical (unpaired) electrons. The maximum Gasteiger partial charge on any atom is 0.183 e. The summed E-state index contributed by atoms with van der Waals surface area (Å²) in [5.41, 5.74) is 0. The van der Waals surface area contributed by atoms with Crippen LogP contribution in [0.1, 0.15) is 6.92 Å². The Bertz CT molecular complexity index is 114. The molecule has 13 heavy (non-hydrogen) atoms. The summed E-state index contributed by atoms with van der Waals surface area (Å²) >= 11 is 0. The van der Waals surface area contributed by atoms with Crippen molar-refractivity contribution < 1.29 is 8.85 Å². The first kappa shape index (κ1) is 15.8. The van der Waals surface area contributed by atoms with E-state index in [0.29, 0.717) is 0 Å². The molecule has 2 nitrogen and oxygen atoms in total. The highest BCUT2D eigenvalue weighted by atomic mass is 28.4. The van der Waals surface area contributed by atoms with E-state index in [1.165, 1.54) is 0 Å². The zero-order chi connectivity index (χ0) is 11.1. The van der Waals surface area contributed by atoms with Gasteiger partial charge < -0.3 is 8.85 Å². The SMILES string of the molecule is CCO[Si](C)(C)C.CO[Si](C)(C)C. The quantitative estimate of drug-likeness (QED) is 0.682. The molecule has 0 aliphatic carbocycles. The molecule has 0 bridgehead atoms. The Morgan fingerprint density at radius 2 is 1.15 bits per heavy atom. The van der Waals surface area contributed by atoms with Crippen LogP contribution in [-0.2, 0) is 8.85 Å². The average molecular weight is 222 g/mol. The lowest BCUT2D eigenvalue weighted by atomic mass is 10.9. The molecule has 0 N–H and O–H groups in total. The van der Waals surface area contributed by atoms with Gasteiger partial charge in [-0.05, 0) is 46.2 Å². The average Bonchev–Trinajstić information content (AvgIpc) is 1.84. The van der Waals surface area contributed by atoms with Gasteiger partial charge in [-0.15, -0.1) is 0 Å². The summed E-state index contributed by atoms with van der Waals surface area (Å²) in [6.07, 6.45) is 0. The van der Waals surface area contributed by atoms with E-state index in [1.807, 2.05) is 6.92 Å². The van der Waals surface area contributed by atoms with E-state index in [9.17, 15) is 0 Å². The summed E-state index contributed by atoms with van der Waals surface area (Å²) in [4.78, 5) is 0. The molecule has 0 amide bonds. The molecule has 0 atom stereocenters. The Kier molecular flexibility index (Phi) is 8.22. The van der Waals surface area contributed by atoms with Crippen LogP contribution in [0.25, 0.3) is 0 Å². The van der Waals surface area contributed by atoms with E-state index in [4.69, 9.17) is 8.85 Å². The molecule has 82 valence electrons. The Balaban J connectivity index is 0. The van der Waals surface area contributed by atoms with Gasteiger partial charge in [0.25, 0.3) is 0 Å². The molecule has 0 unspecified atom stereocenters. The lowest BCUT2D eigenvalue weighted by molar-refractivity contribution is 0.334. The van der Waals surface area contributed by atoms with Gasteiger partial charge in [0.05, 0.1) is 0 Å². The van der Waals surface area contributed by atoms with E-state index in [2.05, 4.69) is 39.3 Å². The first-order chi connectivity index (χ1) is 5.62. The van der Waals surface area contributed by atoms with E-state index < -0.39 is 16.6 Å². The fraction of sp³-hybridized carbons (Fsp3) is 1.00. The van der Waals surface area contributed by atoms with Gasteiger partial charge in [0.15, 0.2) is 16.6 Å². The van der Waals surface area contributed by atoms with Gasteiger partial charge >= 0.3 is 0 Å². The van der Waals surface area contributed by atoms with Crippen LogP contribution in [0.4, 0.5) is 0 Å². The maximum absolute atomic E-state index is 5.37. The van der Waals surface area contributed by atoms with E-state index in [-0.39, 0.29) is 0 Å². The normalized spacial score (nSPS) is 12.0. The minimum absolute atomic E-state index is 0.871. The molecule has 0 saturated carbocycles. The van der Waals surface area contributed by atoms with E-state index in [1.54, 1.807) is 7.11 Å². The standard InChI is InChI=1S/C5H14OSi.C4H12OSi/c1-5-6-7(2,3)4;1-5-6(2,3)4/h5H2,1-4H3;1-4H3. The Hall–Kier alpha value is 0.354.